The molecule has 0 aliphatic carbocycles. The molecule has 0 bridgehead atoms. The summed E-state index contributed by atoms with van der Waals surface area (Å²) in [6.07, 6.45) is 0.174. The first-order valence-electron chi connectivity index (χ1n) is 7.79. The predicted molar refractivity (Wildman–Crippen MR) is 95.7 cm³/mol. The molecule has 2 rings (SSSR count). The van der Waals surface area contributed by atoms with Crippen molar-refractivity contribution in [2.45, 2.75) is 32.9 Å². The van der Waals surface area contributed by atoms with Crippen LogP contribution in [0.4, 0.5) is 0 Å². The van der Waals surface area contributed by atoms with Crippen molar-refractivity contribution in [1.29, 1.82) is 0 Å². The van der Waals surface area contributed by atoms with Crippen LogP contribution in [0.2, 0.25) is 5.02 Å². The highest BCUT2D eigenvalue weighted by Crippen LogP contribution is 2.19. The van der Waals surface area contributed by atoms with E-state index in [0.29, 0.717) is 11.6 Å². The molecule has 0 radical (unpaired) electrons. The van der Waals surface area contributed by atoms with Gasteiger partial charge in [0.2, 0.25) is 11.8 Å². The van der Waals surface area contributed by atoms with Gasteiger partial charge in [0.15, 0.2) is 0 Å². The molecule has 2 N–H and O–H groups in total. The van der Waals surface area contributed by atoms with Gasteiger partial charge in [0.05, 0.1) is 12.5 Å². The molecule has 2 aromatic carbocycles. The molecule has 0 saturated carbocycles. The highest BCUT2D eigenvalue weighted by molar-refractivity contribution is 6.30. The summed E-state index contributed by atoms with van der Waals surface area (Å²) >= 11 is 5.89. The van der Waals surface area contributed by atoms with Crippen LogP contribution in [0.15, 0.2) is 48.5 Å². The summed E-state index contributed by atoms with van der Waals surface area (Å²) in [5.41, 5.74) is 3.05. The number of amides is 2. The van der Waals surface area contributed by atoms with E-state index in [9.17, 15) is 9.59 Å². The molecular formula is C19H21ClN2O2. The van der Waals surface area contributed by atoms with E-state index in [2.05, 4.69) is 10.6 Å². The molecule has 1 atom stereocenters. The van der Waals surface area contributed by atoms with Crippen molar-refractivity contribution in [3.63, 3.8) is 0 Å². The molecule has 0 aliphatic rings. The fourth-order valence-electron chi connectivity index (χ4n) is 2.47. The highest BCUT2D eigenvalue weighted by atomic mass is 35.5. The Labute approximate surface area is 147 Å². The molecule has 2 amide bonds. The third kappa shape index (κ3) is 5.70. The van der Waals surface area contributed by atoms with Crippen LogP contribution in [-0.2, 0) is 16.1 Å². The van der Waals surface area contributed by atoms with Crippen molar-refractivity contribution < 1.29 is 9.59 Å². The Morgan fingerprint density at radius 2 is 1.83 bits per heavy atom. The van der Waals surface area contributed by atoms with Crippen molar-refractivity contribution in [1.82, 2.24) is 10.6 Å². The summed E-state index contributed by atoms with van der Waals surface area (Å²) in [6.45, 7) is 3.92. The quantitative estimate of drug-likeness (QED) is 0.842. The second-order valence-electron chi connectivity index (χ2n) is 5.77. The number of rotatable bonds is 6. The number of hydrogen-bond acceptors (Lipinski definition) is 2. The summed E-state index contributed by atoms with van der Waals surface area (Å²) in [7, 11) is 0. The lowest BCUT2D eigenvalue weighted by atomic mass is 10.0. The van der Waals surface area contributed by atoms with E-state index < -0.39 is 0 Å². The van der Waals surface area contributed by atoms with Crippen molar-refractivity contribution in [3.8, 4) is 0 Å². The van der Waals surface area contributed by atoms with Crippen LogP contribution < -0.4 is 10.6 Å². The molecule has 126 valence electrons. The van der Waals surface area contributed by atoms with Crippen LogP contribution in [0, 0.1) is 6.92 Å². The Morgan fingerprint density at radius 3 is 2.46 bits per heavy atom. The Morgan fingerprint density at radius 1 is 1.12 bits per heavy atom. The maximum Gasteiger partial charge on any atom is 0.222 e. The zero-order chi connectivity index (χ0) is 17.5. The van der Waals surface area contributed by atoms with Crippen LogP contribution in [0.1, 0.15) is 36.1 Å². The number of hydrogen-bond donors (Lipinski definition) is 2. The number of carbonyl (C=O) groups excluding carboxylic acids is 2. The number of aryl methyl sites for hydroxylation is 1. The van der Waals surface area contributed by atoms with Crippen LogP contribution in [0.5, 0.6) is 0 Å². The van der Waals surface area contributed by atoms with Gasteiger partial charge in [-0.1, -0.05) is 53.6 Å². The molecule has 0 fully saturated rings. The van der Waals surface area contributed by atoms with E-state index in [-0.39, 0.29) is 24.3 Å². The summed E-state index contributed by atoms with van der Waals surface area (Å²) in [5.74, 6) is -0.299. The molecule has 0 aromatic heterocycles. The van der Waals surface area contributed by atoms with Crippen LogP contribution in [0.3, 0.4) is 0 Å². The molecule has 4 nitrogen and oxygen atoms in total. The van der Waals surface area contributed by atoms with Crippen LogP contribution in [0.25, 0.3) is 0 Å². The average molecular weight is 345 g/mol. The lowest BCUT2D eigenvalue weighted by molar-refractivity contribution is -0.122. The Hall–Kier alpha value is -2.33. The zero-order valence-electron chi connectivity index (χ0n) is 13.8. The molecule has 5 heteroatoms. The molecule has 1 unspecified atom stereocenters. The summed E-state index contributed by atoms with van der Waals surface area (Å²) in [5, 5.41) is 6.32. The van der Waals surface area contributed by atoms with Gasteiger partial charge in [-0.2, -0.15) is 0 Å². The van der Waals surface area contributed by atoms with Gasteiger partial charge < -0.3 is 10.6 Å². The standard InChI is InChI=1S/C19H21ClN2O2/c1-13-4-3-5-15(10-13)12-21-19(24)11-18(22-14(2)23)16-6-8-17(20)9-7-16/h3-10,18H,11-12H2,1-2H3,(H,21,24)(H,22,23). The Balaban J connectivity index is 1.99. The van der Waals surface area contributed by atoms with Gasteiger partial charge in [-0.25, -0.2) is 0 Å². The molecule has 0 spiro atoms. The predicted octanol–water partition coefficient (Wildman–Crippen LogP) is 3.53. The normalized spacial score (nSPS) is 11.6. The maximum atomic E-state index is 12.2. The molecule has 24 heavy (non-hydrogen) atoms. The molecular weight excluding hydrogens is 324 g/mol. The minimum Gasteiger partial charge on any atom is -0.352 e. The lowest BCUT2D eigenvalue weighted by Crippen LogP contribution is -2.32. The number of carbonyl (C=O) groups is 2. The molecule has 0 saturated heterocycles. The Bertz CT molecular complexity index is 714. The summed E-state index contributed by atoms with van der Waals surface area (Å²) < 4.78 is 0. The maximum absolute atomic E-state index is 12.2. The van der Waals surface area contributed by atoms with Gasteiger partial charge in [-0.05, 0) is 30.2 Å². The Kier molecular flexibility index (Phi) is 6.38. The highest BCUT2D eigenvalue weighted by Gasteiger charge is 2.17. The van der Waals surface area contributed by atoms with E-state index in [0.717, 1.165) is 16.7 Å². The summed E-state index contributed by atoms with van der Waals surface area (Å²) in [4.78, 5) is 23.7. The number of halogens is 1. The fourth-order valence-corrected chi connectivity index (χ4v) is 2.60. The third-order valence-electron chi connectivity index (χ3n) is 3.61. The van der Waals surface area contributed by atoms with E-state index in [1.54, 1.807) is 12.1 Å². The number of nitrogens with one attached hydrogen (secondary N) is 2. The first-order valence-corrected chi connectivity index (χ1v) is 8.16. The first-order chi connectivity index (χ1) is 11.4. The minimum atomic E-state index is -0.378. The SMILES string of the molecule is CC(=O)NC(CC(=O)NCc1cccc(C)c1)c1ccc(Cl)cc1. The monoisotopic (exact) mass is 344 g/mol. The molecule has 0 heterocycles. The van der Waals surface area contributed by atoms with Gasteiger partial charge in [0.25, 0.3) is 0 Å². The van der Waals surface area contributed by atoms with Gasteiger partial charge in [-0.15, -0.1) is 0 Å². The molecule has 2 aromatic rings. The van der Waals surface area contributed by atoms with Crippen LogP contribution >= 0.6 is 11.6 Å². The largest absolute Gasteiger partial charge is 0.352 e. The first kappa shape index (κ1) is 18.0. The van der Waals surface area contributed by atoms with Gasteiger partial charge in [-0.3, -0.25) is 9.59 Å². The van der Waals surface area contributed by atoms with Crippen molar-refractivity contribution in [2.24, 2.45) is 0 Å². The smallest absolute Gasteiger partial charge is 0.222 e. The fraction of sp³-hybridized carbons (Fsp3) is 0.263. The van der Waals surface area contributed by atoms with Crippen molar-refractivity contribution in [3.05, 3.63) is 70.2 Å². The van der Waals surface area contributed by atoms with E-state index in [1.807, 2.05) is 43.3 Å². The summed E-state index contributed by atoms with van der Waals surface area (Å²) in [6, 6.07) is 14.7. The number of benzene rings is 2. The van der Waals surface area contributed by atoms with Gasteiger partial charge in [0.1, 0.15) is 0 Å². The van der Waals surface area contributed by atoms with Crippen LogP contribution in [-0.4, -0.2) is 11.8 Å². The van der Waals surface area contributed by atoms with Crippen molar-refractivity contribution >= 4 is 23.4 Å². The van der Waals surface area contributed by atoms with Crippen molar-refractivity contribution in [2.75, 3.05) is 0 Å². The van der Waals surface area contributed by atoms with E-state index in [4.69, 9.17) is 11.6 Å². The molecule has 0 aliphatic heterocycles. The zero-order valence-corrected chi connectivity index (χ0v) is 14.6. The lowest BCUT2D eigenvalue weighted by Gasteiger charge is -2.18. The van der Waals surface area contributed by atoms with Gasteiger partial charge >= 0.3 is 0 Å². The second kappa shape index (κ2) is 8.50. The van der Waals surface area contributed by atoms with E-state index >= 15 is 0 Å². The third-order valence-corrected chi connectivity index (χ3v) is 3.86. The topological polar surface area (TPSA) is 58.2 Å². The average Bonchev–Trinajstić information content (AvgIpc) is 2.53. The second-order valence-corrected chi connectivity index (χ2v) is 6.21. The van der Waals surface area contributed by atoms with Gasteiger partial charge in [0, 0.05) is 18.5 Å². The van der Waals surface area contributed by atoms with E-state index in [1.165, 1.54) is 6.92 Å². The minimum absolute atomic E-state index is 0.120.